The maximum atomic E-state index is 13.7. The molecule has 0 radical (unpaired) electrons. The second-order valence-corrected chi connectivity index (χ2v) is 13.1. The molecule has 0 spiro atoms. The van der Waals surface area contributed by atoms with Gasteiger partial charge in [0.25, 0.3) is 0 Å². The molecule has 1 atom stereocenters. The highest BCUT2D eigenvalue weighted by molar-refractivity contribution is 7.90. The molecule has 1 aromatic heterocycles. The summed E-state index contributed by atoms with van der Waals surface area (Å²) in [5, 5.41) is -0.656. The molecular weight excluding hydrogens is 479 g/mol. The fraction of sp³-hybridized carbons (Fsp3) is 0.630. The molecular formula is C27H39FN4O3S. The number of aromatic nitrogens is 2. The lowest BCUT2D eigenvalue weighted by molar-refractivity contribution is -0.136. The Labute approximate surface area is 214 Å². The Morgan fingerprint density at radius 1 is 1.14 bits per heavy atom. The molecule has 2 heterocycles. The predicted octanol–water partition coefficient (Wildman–Crippen LogP) is 4.15. The van der Waals surface area contributed by atoms with E-state index in [9.17, 15) is 17.6 Å². The molecule has 1 aliphatic heterocycles. The number of nitrogens with one attached hydrogen (secondary N) is 1. The van der Waals surface area contributed by atoms with E-state index >= 15 is 0 Å². The first-order valence-corrected chi connectivity index (χ1v) is 14.7. The average Bonchev–Trinajstić information content (AvgIpc) is 3.38. The minimum atomic E-state index is -3.67. The molecule has 1 saturated carbocycles. The van der Waals surface area contributed by atoms with Crippen LogP contribution in [0.5, 0.6) is 0 Å². The van der Waals surface area contributed by atoms with Crippen molar-refractivity contribution < 1.29 is 17.6 Å². The van der Waals surface area contributed by atoms with Crippen LogP contribution in [-0.4, -0.2) is 53.2 Å². The Hall–Kier alpha value is -2.26. The van der Waals surface area contributed by atoms with Crippen molar-refractivity contribution in [2.45, 2.75) is 83.1 Å². The lowest BCUT2D eigenvalue weighted by Crippen LogP contribution is -2.55. The smallest absolute Gasteiger partial charge is 0.241 e. The van der Waals surface area contributed by atoms with Crippen molar-refractivity contribution in [1.82, 2.24) is 19.2 Å². The molecule has 2 fully saturated rings. The van der Waals surface area contributed by atoms with Gasteiger partial charge in [0, 0.05) is 32.0 Å². The molecule has 9 heteroatoms. The lowest BCUT2D eigenvalue weighted by Gasteiger charge is -2.48. The van der Waals surface area contributed by atoms with Crippen LogP contribution >= 0.6 is 0 Å². The van der Waals surface area contributed by atoms with Crippen LogP contribution in [0.15, 0.2) is 43.0 Å². The second-order valence-electron chi connectivity index (χ2n) is 10.9. The van der Waals surface area contributed by atoms with Crippen molar-refractivity contribution >= 4 is 15.9 Å². The number of benzene rings is 1. The number of rotatable bonds is 9. The summed E-state index contributed by atoms with van der Waals surface area (Å²) >= 11 is 0. The second kappa shape index (κ2) is 11.4. The third-order valence-electron chi connectivity index (χ3n) is 8.18. The van der Waals surface area contributed by atoms with Gasteiger partial charge in [-0.05, 0) is 75.0 Å². The van der Waals surface area contributed by atoms with Crippen molar-refractivity contribution in [2.24, 2.45) is 11.3 Å². The van der Waals surface area contributed by atoms with Gasteiger partial charge in [0.1, 0.15) is 11.9 Å². The number of hydrogen-bond donors (Lipinski definition) is 1. The van der Waals surface area contributed by atoms with E-state index in [-0.39, 0.29) is 23.6 Å². The minimum Gasteiger partial charge on any atom is -0.341 e. The summed E-state index contributed by atoms with van der Waals surface area (Å²) < 4.78 is 43.7. The van der Waals surface area contributed by atoms with Crippen LogP contribution in [0.4, 0.5) is 4.39 Å². The van der Waals surface area contributed by atoms with Crippen LogP contribution in [0.3, 0.4) is 0 Å². The summed E-state index contributed by atoms with van der Waals surface area (Å²) in [6, 6.07) is 4.97. The van der Waals surface area contributed by atoms with E-state index in [4.69, 9.17) is 0 Å². The summed E-state index contributed by atoms with van der Waals surface area (Å²) in [5.41, 5.74) is 0.830. The number of imidazole rings is 1. The Morgan fingerprint density at radius 2 is 1.81 bits per heavy atom. The molecule has 198 valence electrons. The van der Waals surface area contributed by atoms with E-state index in [1.54, 1.807) is 26.0 Å². The summed E-state index contributed by atoms with van der Waals surface area (Å²) in [7, 11) is -3.67. The molecule has 36 heavy (non-hydrogen) atoms. The molecule has 0 unspecified atom stereocenters. The van der Waals surface area contributed by atoms with Crippen molar-refractivity contribution in [1.29, 1.82) is 0 Å². The van der Waals surface area contributed by atoms with Crippen LogP contribution in [0.25, 0.3) is 0 Å². The first-order valence-electron chi connectivity index (χ1n) is 13.2. The molecule has 7 nitrogen and oxygen atoms in total. The number of carbonyl (C=O) groups excluding carboxylic acids is 1. The van der Waals surface area contributed by atoms with E-state index in [0.717, 1.165) is 24.9 Å². The molecule has 1 N–H and O–H groups in total. The summed E-state index contributed by atoms with van der Waals surface area (Å²) in [4.78, 5) is 19.7. The Morgan fingerprint density at radius 3 is 2.39 bits per heavy atom. The average molecular weight is 519 g/mol. The third-order valence-corrected chi connectivity index (χ3v) is 10.0. The first kappa shape index (κ1) is 26.8. The topological polar surface area (TPSA) is 84.3 Å². The van der Waals surface area contributed by atoms with Gasteiger partial charge in [-0.1, -0.05) is 31.4 Å². The quantitative estimate of drug-likeness (QED) is 0.541. The molecule has 4 rings (SSSR count). The molecule has 2 aromatic rings. The largest absolute Gasteiger partial charge is 0.341 e. The number of carbonyl (C=O) groups is 1. The monoisotopic (exact) mass is 518 g/mol. The Bertz CT molecular complexity index is 1090. The number of nitrogens with zero attached hydrogens (tertiary/aromatic N) is 3. The van der Waals surface area contributed by atoms with Gasteiger partial charge in [0.15, 0.2) is 0 Å². The van der Waals surface area contributed by atoms with Crippen LogP contribution in [0, 0.1) is 17.2 Å². The predicted molar refractivity (Wildman–Crippen MR) is 138 cm³/mol. The highest BCUT2D eigenvalue weighted by Crippen LogP contribution is 2.47. The number of hydrogen-bond acceptors (Lipinski definition) is 4. The summed E-state index contributed by atoms with van der Waals surface area (Å²) in [6.07, 6.45) is 13.9. The molecule has 2 aliphatic rings. The van der Waals surface area contributed by atoms with Crippen LogP contribution < -0.4 is 4.72 Å². The highest BCUT2D eigenvalue weighted by atomic mass is 32.2. The zero-order valence-corrected chi connectivity index (χ0v) is 22.2. The fourth-order valence-electron chi connectivity index (χ4n) is 5.92. The fourth-order valence-corrected chi connectivity index (χ4v) is 6.77. The van der Waals surface area contributed by atoms with E-state index in [1.165, 1.54) is 44.2 Å². The van der Waals surface area contributed by atoms with E-state index in [1.807, 2.05) is 23.6 Å². The van der Waals surface area contributed by atoms with Crippen molar-refractivity contribution in [3.8, 4) is 0 Å². The van der Waals surface area contributed by atoms with Gasteiger partial charge in [-0.3, -0.25) is 4.79 Å². The number of piperidine rings is 1. The maximum absolute atomic E-state index is 13.7. The molecule has 1 aromatic carbocycles. The van der Waals surface area contributed by atoms with Crippen LogP contribution in [-0.2, 0) is 27.8 Å². The number of likely N-dealkylation sites (tertiary alicyclic amines) is 1. The Kier molecular flexibility index (Phi) is 8.50. The normalized spacial score (nSPS) is 19.9. The number of sulfonamides is 1. The molecule has 1 aliphatic carbocycles. The van der Waals surface area contributed by atoms with Gasteiger partial charge in [-0.15, -0.1) is 0 Å². The standard InChI is InChI=1S/C27H39FN4O3S/c1-21(2)36(34,35)30-25(18-22-8-10-24(28)11-9-22)26(33)32-15-12-27(13-16-32,19-31-17-14-29-20-31)23-6-4-3-5-7-23/h8-11,14,17,20-21,23,25,30H,3-7,12-13,15-16,18-19H2,1-2H3/t25-/m0/s1. The van der Waals surface area contributed by atoms with Crippen LogP contribution in [0.2, 0.25) is 0 Å². The SMILES string of the molecule is CC(C)S(=O)(=O)N[C@@H](Cc1ccc(F)cc1)C(=O)N1CCC(Cn2ccnc2)(C2CCCCC2)CC1. The van der Waals surface area contributed by atoms with E-state index in [0.29, 0.717) is 19.0 Å². The molecule has 1 saturated heterocycles. The number of halogens is 1. The molecule has 0 bridgehead atoms. The highest BCUT2D eigenvalue weighted by Gasteiger charge is 2.43. The van der Waals surface area contributed by atoms with Crippen molar-refractivity contribution in [2.75, 3.05) is 13.1 Å². The van der Waals surface area contributed by atoms with Gasteiger partial charge in [0.2, 0.25) is 15.9 Å². The van der Waals surface area contributed by atoms with Gasteiger partial charge in [-0.2, -0.15) is 0 Å². The van der Waals surface area contributed by atoms with Gasteiger partial charge in [-0.25, -0.2) is 22.5 Å². The minimum absolute atomic E-state index is 0.113. The van der Waals surface area contributed by atoms with Crippen molar-refractivity contribution in [3.05, 3.63) is 54.4 Å². The third kappa shape index (κ3) is 6.35. The van der Waals surface area contributed by atoms with E-state index < -0.39 is 21.3 Å². The van der Waals surface area contributed by atoms with Crippen molar-refractivity contribution in [3.63, 3.8) is 0 Å². The van der Waals surface area contributed by atoms with Crippen LogP contribution in [0.1, 0.15) is 64.4 Å². The first-order chi connectivity index (χ1) is 17.2. The summed E-state index contributed by atoms with van der Waals surface area (Å²) in [5.74, 6) is 0.0566. The Balaban J connectivity index is 1.51. The maximum Gasteiger partial charge on any atom is 0.241 e. The zero-order valence-electron chi connectivity index (χ0n) is 21.4. The lowest BCUT2D eigenvalue weighted by atomic mass is 9.63. The van der Waals surface area contributed by atoms with Gasteiger partial charge < -0.3 is 9.47 Å². The van der Waals surface area contributed by atoms with Gasteiger partial charge in [0.05, 0.1) is 11.6 Å². The number of amides is 1. The molecule has 1 amide bonds. The summed E-state index contributed by atoms with van der Waals surface area (Å²) in [6.45, 7) is 5.30. The van der Waals surface area contributed by atoms with Gasteiger partial charge >= 0.3 is 0 Å². The zero-order chi connectivity index (χ0) is 25.8. The van der Waals surface area contributed by atoms with E-state index in [2.05, 4.69) is 14.3 Å².